The van der Waals surface area contributed by atoms with E-state index in [0.717, 1.165) is 17.9 Å². The van der Waals surface area contributed by atoms with Gasteiger partial charge in [-0.25, -0.2) is 0 Å². The van der Waals surface area contributed by atoms with Gasteiger partial charge in [0.1, 0.15) is 11.5 Å². The first-order valence-electron chi connectivity index (χ1n) is 6.73. The summed E-state index contributed by atoms with van der Waals surface area (Å²) in [5.74, 6) is 2.06. The van der Waals surface area contributed by atoms with E-state index in [9.17, 15) is 0 Å². The molecule has 0 saturated carbocycles. The van der Waals surface area contributed by atoms with Crippen LogP contribution in [0.1, 0.15) is 17.0 Å². The fourth-order valence-corrected chi connectivity index (χ4v) is 2.26. The third-order valence-electron chi connectivity index (χ3n) is 3.51. The van der Waals surface area contributed by atoms with Gasteiger partial charge in [-0.2, -0.15) is 0 Å². The van der Waals surface area contributed by atoms with Gasteiger partial charge in [-0.3, -0.25) is 0 Å². The van der Waals surface area contributed by atoms with Crippen LogP contribution in [0, 0.1) is 0 Å². The van der Waals surface area contributed by atoms with Gasteiger partial charge in [-0.15, -0.1) is 0 Å². The predicted octanol–water partition coefficient (Wildman–Crippen LogP) is 2.99. The van der Waals surface area contributed by atoms with Crippen LogP contribution in [0.3, 0.4) is 0 Å². The third kappa shape index (κ3) is 3.52. The number of nitrogens with two attached hydrogens (primary N) is 1. The van der Waals surface area contributed by atoms with E-state index in [1.54, 1.807) is 14.2 Å². The molecule has 0 fully saturated rings. The summed E-state index contributed by atoms with van der Waals surface area (Å²) in [7, 11) is 3.35. The lowest BCUT2D eigenvalue weighted by Gasteiger charge is -2.16. The molecule has 0 saturated heterocycles. The van der Waals surface area contributed by atoms with Crippen molar-refractivity contribution in [2.75, 3.05) is 20.8 Å². The Kier molecular flexibility index (Phi) is 5.02. The highest BCUT2D eigenvalue weighted by Gasteiger charge is 2.11. The highest BCUT2D eigenvalue weighted by Crippen LogP contribution is 2.23. The Morgan fingerprint density at radius 1 is 0.850 bits per heavy atom. The molecule has 2 aromatic rings. The molecule has 0 bridgehead atoms. The van der Waals surface area contributed by atoms with E-state index in [2.05, 4.69) is 24.3 Å². The Hall–Kier alpha value is -2.00. The summed E-state index contributed by atoms with van der Waals surface area (Å²) in [6, 6.07) is 16.3. The number of ether oxygens (including phenoxy) is 2. The predicted molar refractivity (Wildman–Crippen MR) is 81.5 cm³/mol. The number of rotatable bonds is 6. The molecule has 2 rings (SSSR count). The van der Waals surface area contributed by atoms with Crippen molar-refractivity contribution in [3.8, 4) is 11.5 Å². The normalized spacial score (nSPS) is 11.9. The molecule has 106 valence electrons. The second kappa shape index (κ2) is 6.96. The molecule has 0 aliphatic carbocycles. The second-order valence-electron chi connectivity index (χ2n) is 4.76. The lowest BCUT2D eigenvalue weighted by Crippen LogP contribution is -2.15. The number of benzene rings is 2. The van der Waals surface area contributed by atoms with Crippen LogP contribution in [0.2, 0.25) is 0 Å². The maximum absolute atomic E-state index is 5.92. The topological polar surface area (TPSA) is 44.5 Å². The van der Waals surface area contributed by atoms with Gasteiger partial charge in [0.25, 0.3) is 0 Å². The van der Waals surface area contributed by atoms with Crippen LogP contribution < -0.4 is 15.2 Å². The zero-order valence-electron chi connectivity index (χ0n) is 12.0. The van der Waals surface area contributed by atoms with Crippen molar-refractivity contribution in [3.05, 3.63) is 59.7 Å². The fraction of sp³-hybridized carbons (Fsp3) is 0.294. The van der Waals surface area contributed by atoms with Crippen LogP contribution in [-0.2, 0) is 6.42 Å². The van der Waals surface area contributed by atoms with E-state index in [1.165, 1.54) is 11.1 Å². The summed E-state index contributed by atoms with van der Waals surface area (Å²) in [4.78, 5) is 0. The minimum Gasteiger partial charge on any atom is -0.497 e. The van der Waals surface area contributed by atoms with Crippen molar-refractivity contribution in [1.82, 2.24) is 0 Å². The van der Waals surface area contributed by atoms with Crippen LogP contribution in [0.25, 0.3) is 0 Å². The van der Waals surface area contributed by atoms with Gasteiger partial charge in [-0.05, 0) is 48.4 Å². The standard InChI is InChI=1S/C17H21NO2/c1-19-16-7-3-13(4-8-16)11-15(12-18)14-5-9-17(20-2)10-6-14/h3-10,15H,11-12,18H2,1-2H3. The minimum absolute atomic E-state index is 0.314. The summed E-state index contributed by atoms with van der Waals surface area (Å²) < 4.78 is 10.4. The minimum atomic E-state index is 0.314. The van der Waals surface area contributed by atoms with Crippen molar-refractivity contribution in [2.24, 2.45) is 5.73 Å². The molecule has 0 amide bonds. The lowest BCUT2D eigenvalue weighted by molar-refractivity contribution is 0.414. The van der Waals surface area contributed by atoms with E-state index in [1.807, 2.05) is 24.3 Å². The average Bonchev–Trinajstić information content (AvgIpc) is 2.53. The van der Waals surface area contributed by atoms with E-state index in [4.69, 9.17) is 15.2 Å². The first kappa shape index (κ1) is 14.4. The van der Waals surface area contributed by atoms with Crippen LogP contribution >= 0.6 is 0 Å². The Bertz CT molecular complexity index is 520. The molecule has 2 aromatic carbocycles. The van der Waals surface area contributed by atoms with Crippen LogP contribution in [0.5, 0.6) is 11.5 Å². The fourth-order valence-electron chi connectivity index (χ4n) is 2.26. The number of methoxy groups -OCH3 is 2. The molecular formula is C17H21NO2. The highest BCUT2D eigenvalue weighted by molar-refractivity contribution is 5.32. The maximum Gasteiger partial charge on any atom is 0.118 e. The molecule has 0 aromatic heterocycles. The van der Waals surface area contributed by atoms with Crippen LogP contribution in [0.15, 0.2) is 48.5 Å². The molecule has 0 spiro atoms. The molecular weight excluding hydrogens is 250 g/mol. The Labute approximate surface area is 120 Å². The molecule has 0 heterocycles. The summed E-state index contributed by atoms with van der Waals surface area (Å²) in [5, 5.41) is 0. The van der Waals surface area contributed by atoms with Crippen molar-refractivity contribution in [3.63, 3.8) is 0 Å². The molecule has 0 aliphatic heterocycles. The SMILES string of the molecule is COc1ccc(CC(CN)c2ccc(OC)cc2)cc1. The first-order valence-corrected chi connectivity index (χ1v) is 6.73. The van der Waals surface area contributed by atoms with E-state index in [0.29, 0.717) is 12.5 Å². The summed E-state index contributed by atoms with van der Waals surface area (Å²) >= 11 is 0. The molecule has 1 unspecified atom stereocenters. The van der Waals surface area contributed by atoms with Gasteiger partial charge in [0, 0.05) is 5.92 Å². The van der Waals surface area contributed by atoms with Gasteiger partial charge in [0.05, 0.1) is 14.2 Å². The van der Waals surface area contributed by atoms with Gasteiger partial charge in [-0.1, -0.05) is 24.3 Å². The summed E-state index contributed by atoms with van der Waals surface area (Å²) in [6.45, 7) is 0.623. The quantitative estimate of drug-likeness (QED) is 0.878. The Balaban J connectivity index is 2.10. The van der Waals surface area contributed by atoms with Gasteiger partial charge >= 0.3 is 0 Å². The lowest BCUT2D eigenvalue weighted by atomic mass is 9.92. The molecule has 2 N–H and O–H groups in total. The largest absolute Gasteiger partial charge is 0.497 e. The first-order chi connectivity index (χ1) is 9.76. The molecule has 1 atom stereocenters. The van der Waals surface area contributed by atoms with Crippen molar-refractivity contribution >= 4 is 0 Å². The molecule has 0 aliphatic rings. The van der Waals surface area contributed by atoms with Crippen LogP contribution in [0.4, 0.5) is 0 Å². The van der Waals surface area contributed by atoms with Gasteiger partial charge in [0.2, 0.25) is 0 Å². The van der Waals surface area contributed by atoms with Crippen molar-refractivity contribution in [1.29, 1.82) is 0 Å². The van der Waals surface area contributed by atoms with Gasteiger partial charge in [0.15, 0.2) is 0 Å². The summed E-state index contributed by atoms with van der Waals surface area (Å²) in [5.41, 5.74) is 8.42. The third-order valence-corrected chi connectivity index (χ3v) is 3.51. The molecule has 3 heteroatoms. The molecule has 20 heavy (non-hydrogen) atoms. The summed E-state index contributed by atoms with van der Waals surface area (Å²) in [6.07, 6.45) is 0.923. The van der Waals surface area contributed by atoms with Crippen molar-refractivity contribution in [2.45, 2.75) is 12.3 Å². The zero-order chi connectivity index (χ0) is 14.4. The Morgan fingerprint density at radius 3 is 1.80 bits per heavy atom. The average molecular weight is 271 g/mol. The van der Waals surface area contributed by atoms with E-state index in [-0.39, 0.29) is 0 Å². The van der Waals surface area contributed by atoms with E-state index < -0.39 is 0 Å². The molecule has 0 radical (unpaired) electrons. The highest BCUT2D eigenvalue weighted by atomic mass is 16.5. The molecule has 3 nitrogen and oxygen atoms in total. The number of hydrogen-bond acceptors (Lipinski definition) is 3. The number of hydrogen-bond donors (Lipinski definition) is 1. The smallest absolute Gasteiger partial charge is 0.118 e. The Morgan fingerprint density at radius 2 is 1.35 bits per heavy atom. The maximum atomic E-state index is 5.92. The zero-order valence-corrected chi connectivity index (χ0v) is 12.0. The monoisotopic (exact) mass is 271 g/mol. The van der Waals surface area contributed by atoms with Crippen molar-refractivity contribution < 1.29 is 9.47 Å². The van der Waals surface area contributed by atoms with Crippen LogP contribution in [-0.4, -0.2) is 20.8 Å². The second-order valence-corrected chi connectivity index (χ2v) is 4.76. The van der Waals surface area contributed by atoms with E-state index >= 15 is 0 Å². The van der Waals surface area contributed by atoms with Gasteiger partial charge < -0.3 is 15.2 Å².